The molecule has 76 valence electrons. The number of isocyanates is 1. The number of phenols is 1. The van der Waals surface area contributed by atoms with Gasteiger partial charge >= 0.3 is 0 Å². The largest absolute Gasteiger partial charge is 0.508 e. The Balaban J connectivity index is 0.000000255. The predicted molar refractivity (Wildman–Crippen MR) is 55.8 cm³/mol. The lowest BCUT2D eigenvalue weighted by Crippen LogP contribution is -1.80. The molecule has 0 saturated carbocycles. The molecule has 0 amide bonds. The van der Waals surface area contributed by atoms with Crippen LogP contribution >= 0.6 is 0 Å². The zero-order chi connectivity index (χ0) is 10.8. The molecule has 1 rings (SSSR count). The Morgan fingerprint density at radius 3 is 2.57 bits per heavy atom. The summed E-state index contributed by atoms with van der Waals surface area (Å²) in [7, 11) is 0. The number of aromatic hydroxyl groups is 1. The Bertz CT molecular complexity index is 289. The Morgan fingerprint density at radius 1 is 1.57 bits per heavy atom. The molecule has 4 nitrogen and oxygen atoms in total. The van der Waals surface area contributed by atoms with Gasteiger partial charge in [0.15, 0.2) is 0 Å². The van der Waals surface area contributed by atoms with Crippen LogP contribution in [0.15, 0.2) is 29.3 Å². The van der Waals surface area contributed by atoms with Gasteiger partial charge in [0.25, 0.3) is 0 Å². The molecule has 0 spiro atoms. The molecule has 0 bridgehead atoms. The molecule has 1 aromatic rings. The average molecular weight is 194 g/mol. The van der Waals surface area contributed by atoms with Crippen molar-refractivity contribution in [2.75, 3.05) is 12.3 Å². The van der Waals surface area contributed by atoms with Gasteiger partial charge in [-0.15, -0.1) is 0 Å². The summed E-state index contributed by atoms with van der Waals surface area (Å²) in [5.41, 5.74) is 5.89. The van der Waals surface area contributed by atoms with Crippen molar-refractivity contribution < 1.29 is 9.90 Å². The summed E-state index contributed by atoms with van der Waals surface area (Å²) in [5, 5.41) is 8.73. The molecule has 0 atom stereocenters. The quantitative estimate of drug-likeness (QED) is 0.427. The van der Waals surface area contributed by atoms with Gasteiger partial charge in [0, 0.05) is 11.8 Å². The second-order valence-corrected chi connectivity index (χ2v) is 2.57. The minimum Gasteiger partial charge on any atom is -0.508 e. The van der Waals surface area contributed by atoms with Crippen LogP contribution in [0.2, 0.25) is 0 Å². The zero-order valence-electron chi connectivity index (χ0n) is 8.10. The fraction of sp³-hybridized carbons (Fsp3) is 0.300. The number of phenolic OH excluding ortho intramolecular Hbond substituents is 1. The molecule has 0 radical (unpaired) electrons. The zero-order valence-corrected chi connectivity index (χ0v) is 8.10. The number of aliphatic imine (C=N–C) groups is 1. The van der Waals surface area contributed by atoms with Crippen molar-refractivity contribution in [2.45, 2.75) is 13.3 Å². The smallest absolute Gasteiger partial charge is 0.234 e. The van der Waals surface area contributed by atoms with Gasteiger partial charge in [-0.3, -0.25) is 0 Å². The Kier molecular flexibility index (Phi) is 6.82. The minimum absolute atomic E-state index is 0.213. The van der Waals surface area contributed by atoms with Crippen molar-refractivity contribution in [1.82, 2.24) is 0 Å². The Hall–Kier alpha value is -1.80. The molecule has 3 N–H and O–H groups in total. The fourth-order valence-corrected chi connectivity index (χ4v) is 0.682. The van der Waals surface area contributed by atoms with Crippen LogP contribution in [-0.4, -0.2) is 17.7 Å². The number of nitrogen functional groups attached to an aromatic ring is 1. The maximum Gasteiger partial charge on any atom is 0.234 e. The highest BCUT2D eigenvalue weighted by molar-refractivity contribution is 5.42. The summed E-state index contributed by atoms with van der Waals surface area (Å²) in [6, 6.07) is 6.50. The van der Waals surface area contributed by atoms with E-state index in [-0.39, 0.29) is 5.75 Å². The summed E-state index contributed by atoms with van der Waals surface area (Å²) in [5.74, 6) is 0.213. The van der Waals surface area contributed by atoms with E-state index >= 15 is 0 Å². The average Bonchev–Trinajstić information content (AvgIpc) is 2.15. The van der Waals surface area contributed by atoms with E-state index in [0.29, 0.717) is 12.2 Å². The maximum absolute atomic E-state index is 9.27. The summed E-state index contributed by atoms with van der Waals surface area (Å²) in [6.45, 7) is 2.57. The summed E-state index contributed by atoms with van der Waals surface area (Å²) < 4.78 is 0. The van der Waals surface area contributed by atoms with Crippen molar-refractivity contribution in [3.05, 3.63) is 24.3 Å². The van der Waals surface area contributed by atoms with E-state index in [1.54, 1.807) is 18.2 Å². The molecule has 0 saturated heterocycles. The molecule has 4 heteroatoms. The number of hydrogen-bond donors (Lipinski definition) is 2. The Morgan fingerprint density at radius 2 is 2.29 bits per heavy atom. The minimum atomic E-state index is 0.213. The first-order valence-electron chi connectivity index (χ1n) is 4.28. The van der Waals surface area contributed by atoms with E-state index in [9.17, 15) is 4.79 Å². The molecule has 0 aliphatic heterocycles. The number of nitrogens with two attached hydrogens (primary N) is 1. The third-order valence-electron chi connectivity index (χ3n) is 1.27. The SMILES string of the molecule is CCCN=C=O.Nc1cccc(O)c1. The van der Waals surface area contributed by atoms with Gasteiger partial charge in [-0.05, 0) is 18.6 Å². The fourth-order valence-electron chi connectivity index (χ4n) is 0.682. The molecule has 0 aliphatic rings. The second kappa shape index (κ2) is 7.83. The van der Waals surface area contributed by atoms with Crippen molar-refractivity contribution in [1.29, 1.82) is 0 Å². The maximum atomic E-state index is 9.27. The predicted octanol–water partition coefficient (Wildman–Crippen LogP) is 1.71. The third kappa shape index (κ3) is 6.88. The molecule has 0 unspecified atom stereocenters. The summed E-state index contributed by atoms with van der Waals surface area (Å²) in [4.78, 5) is 12.6. The van der Waals surface area contributed by atoms with Gasteiger partial charge in [0.2, 0.25) is 6.08 Å². The number of nitrogens with zero attached hydrogens (tertiary/aromatic N) is 1. The van der Waals surface area contributed by atoms with Crippen LogP contribution < -0.4 is 5.73 Å². The van der Waals surface area contributed by atoms with E-state index in [2.05, 4.69) is 4.99 Å². The van der Waals surface area contributed by atoms with Gasteiger partial charge in [0.05, 0.1) is 6.54 Å². The van der Waals surface area contributed by atoms with Crippen molar-refractivity contribution in [3.63, 3.8) is 0 Å². The topological polar surface area (TPSA) is 75.7 Å². The first kappa shape index (κ1) is 12.2. The summed E-state index contributed by atoms with van der Waals surface area (Å²) >= 11 is 0. The molecule has 14 heavy (non-hydrogen) atoms. The van der Waals surface area contributed by atoms with Crippen LogP contribution in [0.3, 0.4) is 0 Å². The van der Waals surface area contributed by atoms with Gasteiger partial charge in [0.1, 0.15) is 5.75 Å². The lowest BCUT2D eigenvalue weighted by Gasteiger charge is -1.90. The van der Waals surface area contributed by atoms with Crippen molar-refractivity contribution >= 4 is 11.8 Å². The number of hydrogen-bond acceptors (Lipinski definition) is 4. The Labute approximate surface area is 83.1 Å². The highest BCUT2D eigenvalue weighted by Crippen LogP contribution is 2.10. The van der Waals surface area contributed by atoms with Crippen molar-refractivity contribution in [3.8, 4) is 5.75 Å². The highest BCUT2D eigenvalue weighted by atomic mass is 16.3. The molecule has 1 aromatic carbocycles. The van der Waals surface area contributed by atoms with E-state index in [1.807, 2.05) is 6.92 Å². The standard InChI is InChI=1S/C6H7NO.C4H7NO/c7-5-2-1-3-6(8)4-5;1-2-3-5-4-6/h1-4,8H,7H2;2-3H2,1H3. The van der Waals surface area contributed by atoms with Crippen molar-refractivity contribution in [2.24, 2.45) is 4.99 Å². The lowest BCUT2D eigenvalue weighted by atomic mass is 10.3. The van der Waals surface area contributed by atoms with Crippen LogP contribution in [0.1, 0.15) is 13.3 Å². The third-order valence-corrected chi connectivity index (χ3v) is 1.27. The van der Waals surface area contributed by atoms with Gasteiger partial charge in [-0.1, -0.05) is 13.0 Å². The molecule has 0 aliphatic carbocycles. The van der Waals surface area contributed by atoms with Crippen LogP contribution in [0.25, 0.3) is 0 Å². The molecular weight excluding hydrogens is 180 g/mol. The van der Waals surface area contributed by atoms with Gasteiger partial charge < -0.3 is 10.8 Å². The van der Waals surface area contributed by atoms with Crippen LogP contribution in [0, 0.1) is 0 Å². The normalized spacial score (nSPS) is 8.07. The summed E-state index contributed by atoms with van der Waals surface area (Å²) in [6.07, 6.45) is 2.37. The second-order valence-electron chi connectivity index (χ2n) is 2.57. The van der Waals surface area contributed by atoms with E-state index in [0.717, 1.165) is 6.42 Å². The highest BCUT2D eigenvalue weighted by Gasteiger charge is 1.83. The lowest BCUT2D eigenvalue weighted by molar-refractivity contribution is 0.475. The monoisotopic (exact) mass is 194 g/mol. The molecule has 0 heterocycles. The van der Waals surface area contributed by atoms with Crippen LogP contribution in [-0.2, 0) is 4.79 Å². The van der Waals surface area contributed by atoms with E-state index in [4.69, 9.17) is 10.8 Å². The van der Waals surface area contributed by atoms with E-state index < -0.39 is 0 Å². The number of carbonyl (C=O) groups excluding carboxylic acids is 1. The molecule has 0 aromatic heterocycles. The number of benzene rings is 1. The van der Waals surface area contributed by atoms with Crippen LogP contribution in [0.5, 0.6) is 5.75 Å². The van der Waals surface area contributed by atoms with E-state index in [1.165, 1.54) is 12.1 Å². The number of anilines is 1. The van der Waals surface area contributed by atoms with Gasteiger partial charge in [-0.25, -0.2) is 9.79 Å². The first-order valence-corrected chi connectivity index (χ1v) is 4.28. The molecule has 0 fully saturated rings. The van der Waals surface area contributed by atoms with Crippen LogP contribution in [0.4, 0.5) is 5.69 Å². The number of rotatable bonds is 2. The first-order chi connectivity index (χ1) is 6.70. The van der Waals surface area contributed by atoms with Gasteiger partial charge in [-0.2, -0.15) is 0 Å². The molecular formula is C10H14N2O2.